The van der Waals surface area contributed by atoms with Crippen molar-refractivity contribution in [3.05, 3.63) is 0 Å². The van der Waals surface area contributed by atoms with Crippen molar-refractivity contribution in [2.75, 3.05) is 26.7 Å². The molecule has 1 heterocycles. The van der Waals surface area contributed by atoms with Gasteiger partial charge in [0.2, 0.25) is 0 Å². The molecule has 4 heteroatoms. The second-order valence-electron chi connectivity index (χ2n) is 5.39. The maximum Gasteiger partial charge on any atom is 0.303 e. The van der Waals surface area contributed by atoms with Gasteiger partial charge in [-0.3, -0.25) is 9.69 Å². The number of likely N-dealkylation sites (N-methyl/N-ethyl adjacent to an activating group) is 1. The van der Waals surface area contributed by atoms with Crippen LogP contribution in [0.5, 0.6) is 0 Å². The highest BCUT2D eigenvalue weighted by Gasteiger charge is 2.25. The number of rotatable bonds is 6. The van der Waals surface area contributed by atoms with Gasteiger partial charge in [0, 0.05) is 25.0 Å². The van der Waals surface area contributed by atoms with Gasteiger partial charge >= 0.3 is 5.97 Å². The summed E-state index contributed by atoms with van der Waals surface area (Å²) in [6.45, 7) is 7.62. The minimum absolute atomic E-state index is 0.284. The first-order valence-corrected chi connectivity index (χ1v) is 6.66. The molecule has 0 amide bonds. The van der Waals surface area contributed by atoms with E-state index in [4.69, 9.17) is 5.11 Å². The number of carboxylic acid groups (broad SMARTS) is 1. The number of carbonyl (C=O) groups is 1. The molecule has 0 radical (unpaired) electrons. The van der Waals surface area contributed by atoms with Crippen molar-refractivity contribution in [2.24, 2.45) is 0 Å². The number of piperidine rings is 1. The van der Waals surface area contributed by atoms with E-state index >= 15 is 0 Å². The van der Waals surface area contributed by atoms with Gasteiger partial charge in [-0.05, 0) is 53.2 Å². The minimum atomic E-state index is -0.686. The summed E-state index contributed by atoms with van der Waals surface area (Å²) in [5, 5.41) is 8.69. The first kappa shape index (κ1) is 14.5. The Morgan fingerprint density at radius 2 is 2.24 bits per heavy atom. The molecule has 1 rings (SSSR count). The average molecular weight is 242 g/mol. The van der Waals surface area contributed by atoms with E-state index in [1.165, 1.54) is 19.4 Å². The van der Waals surface area contributed by atoms with E-state index in [1.807, 2.05) is 0 Å². The molecular formula is C13H26N2O2. The van der Waals surface area contributed by atoms with Gasteiger partial charge in [0.25, 0.3) is 0 Å². The molecule has 0 aliphatic carbocycles. The summed E-state index contributed by atoms with van der Waals surface area (Å²) in [5.74, 6) is -0.686. The van der Waals surface area contributed by atoms with Crippen LogP contribution in [0.3, 0.4) is 0 Å². The van der Waals surface area contributed by atoms with Crippen LogP contribution >= 0.6 is 0 Å². The Balaban J connectivity index is 2.43. The molecule has 0 aromatic rings. The van der Waals surface area contributed by atoms with E-state index in [9.17, 15) is 4.79 Å². The topological polar surface area (TPSA) is 43.8 Å². The second kappa shape index (κ2) is 6.97. The van der Waals surface area contributed by atoms with Crippen molar-refractivity contribution in [1.82, 2.24) is 9.80 Å². The molecule has 1 atom stereocenters. The SMILES string of the molecule is CC(C)N(CCCC(=O)O)C1CCCN(C)C1. The summed E-state index contributed by atoms with van der Waals surface area (Å²) in [7, 11) is 2.17. The van der Waals surface area contributed by atoms with Gasteiger partial charge < -0.3 is 10.0 Å². The zero-order valence-electron chi connectivity index (χ0n) is 11.4. The second-order valence-corrected chi connectivity index (χ2v) is 5.39. The van der Waals surface area contributed by atoms with E-state index in [0.29, 0.717) is 12.1 Å². The molecular weight excluding hydrogens is 216 g/mol. The van der Waals surface area contributed by atoms with Crippen molar-refractivity contribution in [3.63, 3.8) is 0 Å². The van der Waals surface area contributed by atoms with Gasteiger partial charge in [-0.2, -0.15) is 0 Å². The number of carboxylic acids is 1. The van der Waals surface area contributed by atoms with Crippen molar-refractivity contribution in [1.29, 1.82) is 0 Å². The molecule has 0 saturated carbocycles. The third-order valence-corrected chi connectivity index (χ3v) is 3.54. The van der Waals surface area contributed by atoms with Gasteiger partial charge in [0.15, 0.2) is 0 Å². The highest BCUT2D eigenvalue weighted by Crippen LogP contribution is 2.17. The maximum atomic E-state index is 10.6. The Hall–Kier alpha value is -0.610. The van der Waals surface area contributed by atoms with Gasteiger partial charge in [-0.25, -0.2) is 0 Å². The molecule has 1 saturated heterocycles. The Kier molecular flexibility index (Phi) is 5.92. The minimum Gasteiger partial charge on any atom is -0.481 e. The average Bonchev–Trinajstić information content (AvgIpc) is 2.23. The fraction of sp³-hybridized carbons (Fsp3) is 0.923. The Bertz CT molecular complexity index is 244. The molecule has 1 aliphatic rings. The summed E-state index contributed by atoms with van der Waals surface area (Å²) in [5.41, 5.74) is 0. The van der Waals surface area contributed by atoms with Crippen LogP contribution < -0.4 is 0 Å². The van der Waals surface area contributed by atoms with E-state index in [0.717, 1.165) is 19.5 Å². The molecule has 17 heavy (non-hydrogen) atoms. The predicted molar refractivity (Wildman–Crippen MR) is 69.2 cm³/mol. The Morgan fingerprint density at radius 1 is 1.53 bits per heavy atom. The first-order chi connectivity index (χ1) is 8.00. The van der Waals surface area contributed by atoms with Crippen LogP contribution in [-0.2, 0) is 4.79 Å². The zero-order valence-corrected chi connectivity index (χ0v) is 11.4. The van der Waals surface area contributed by atoms with Crippen molar-refractivity contribution in [3.8, 4) is 0 Å². The smallest absolute Gasteiger partial charge is 0.303 e. The molecule has 1 unspecified atom stereocenters. The van der Waals surface area contributed by atoms with E-state index in [1.54, 1.807) is 0 Å². The summed E-state index contributed by atoms with van der Waals surface area (Å²) in [6, 6.07) is 1.10. The summed E-state index contributed by atoms with van der Waals surface area (Å²) in [6.07, 6.45) is 3.54. The molecule has 0 aromatic carbocycles. The van der Waals surface area contributed by atoms with Gasteiger partial charge in [0.05, 0.1) is 0 Å². The predicted octanol–water partition coefficient (Wildman–Crippen LogP) is 1.66. The Labute approximate surface area is 105 Å². The third-order valence-electron chi connectivity index (χ3n) is 3.54. The van der Waals surface area contributed by atoms with Crippen LogP contribution in [0.25, 0.3) is 0 Å². The molecule has 4 nitrogen and oxygen atoms in total. The monoisotopic (exact) mass is 242 g/mol. The lowest BCUT2D eigenvalue weighted by Gasteiger charge is -2.40. The highest BCUT2D eigenvalue weighted by atomic mass is 16.4. The quantitative estimate of drug-likeness (QED) is 0.769. The lowest BCUT2D eigenvalue weighted by molar-refractivity contribution is -0.137. The number of likely N-dealkylation sites (tertiary alicyclic amines) is 1. The van der Waals surface area contributed by atoms with Crippen LogP contribution in [0.4, 0.5) is 0 Å². The lowest BCUT2D eigenvalue weighted by Crippen LogP contribution is -2.49. The van der Waals surface area contributed by atoms with E-state index in [2.05, 4.69) is 30.7 Å². The van der Waals surface area contributed by atoms with Crippen molar-refractivity contribution < 1.29 is 9.90 Å². The molecule has 0 spiro atoms. The van der Waals surface area contributed by atoms with E-state index < -0.39 is 5.97 Å². The van der Waals surface area contributed by atoms with Crippen LogP contribution in [0, 0.1) is 0 Å². The molecule has 1 fully saturated rings. The molecule has 0 bridgehead atoms. The van der Waals surface area contributed by atoms with E-state index in [-0.39, 0.29) is 6.42 Å². The first-order valence-electron chi connectivity index (χ1n) is 6.66. The summed E-state index contributed by atoms with van der Waals surface area (Å²) in [4.78, 5) is 15.4. The van der Waals surface area contributed by atoms with Crippen LogP contribution in [0.1, 0.15) is 39.5 Å². The molecule has 1 N–H and O–H groups in total. The van der Waals surface area contributed by atoms with Crippen molar-refractivity contribution in [2.45, 2.75) is 51.6 Å². The largest absolute Gasteiger partial charge is 0.481 e. The van der Waals surface area contributed by atoms with Gasteiger partial charge in [0.1, 0.15) is 0 Å². The molecule has 100 valence electrons. The van der Waals surface area contributed by atoms with Crippen LogP contribution in [-0.4, -0.2) is 59.6 Å². The highest BCUT2D eigenvalue weighted by molar-refractivity contribution is 5.66. The lowest BCUT2D eigenvalue weighted by atomic mass is 10.0. The number of hydrogen-bond donors (Lipinski definition) is 1. The van der Waals surface area contributed by atoms with Crippen molar-refractivity contribution >= 4 is 5.97 Å². The summed E-state index contributed by atoms with van der Waals surface area (Å²) >= 11 is 0. The summed E-state index contributed by atoms with van der Waals surface area (Å²) < 4.78 is 0. The normalized spacial score (nSPS) is 22.3. The fourth-order valence-corrected chi connectivity index (χ4v) is 2.69. The number of nitrogens with zero attached hydrogens (tertiary/aromatic N) is 2. The maximum absolute atomic E-state index is 10.6. The third kappa shape index (κ3) is 5.04. The van der Waals surface area contributed by atoms with Gasteiger partial charge in [-0.1, -0.05) is 0 Å². The zero-order chi connectivity index (χ0) is 12.8. The molecule has 0 aromatic heterocycles. The van der Waals surface area contributed by atoms with Crippen LogP contribution in [0.15, 0.2) is 0 Å². The Morgan fingerprint density at radius 3 is 2.76 bits per heavy atom. The fourth-order valence-electron chi connectivity index (χ4n) is 2.69. The standard InChI is InChI=1S/C13H26N2O2/c1-11(2)15(9-5-7-13(16)17)12-6-4-8-14(3)10-12/h11-12H,4-10H2,1-3H3,(H,16,17). The molecule has 1 aliphatic heterocycles. The number of hydrogen-bond acceptors (Lipinski definition) is 3. The van der Waals surface area contributed by atoms with Crippen LogP contribution in [0.2, 0.25) is 0 Å². The number of aliphatic carboxylic acids is 1. The van der Waals surface area contributed by atoms with Gasteiger partial charge in [-0.15, -0.1) is 0 Å².